The topological polar surface area (TPSA) is 110 Å². The van der Waals surface area contributed by atoms with E-state index in [1.807, 2.05) is 6.92 Å². The van der Waals surface area contributed by atoms with Crippen molar-refractivity contribution in [3.8, 4) is 5.75 Å². The quantitative estimate of drug-likeness (QED) is 0.462. The van der Waals surface area contributed by atoms with E-state index >= 15 is 0 Å². The van der Waals surface area contributed by atoms with Crippen molar-refractivity contribution in [2.75, 3.05) is 11.5 Å². The number of nitrogens with zero attached hydrogens (tertiary/aromatic N) is 3. The number of ketones is 2. The summed E-state index contributed by atoms with van der Waals surface area (Å²) in [6.07, 6.45) is 0. The normalized spacial score (nSPS) is 15.9. The van der Waals surface area contributed by atoms with Crippen LogP contribution in [-0.4, -0.2) is 39.2 Å². The summed E-state index contributed by atoms with van der Waals surface area (Å²) in [6, 6.07) is 6.06. The van der Waals surface area contributed by atoms with Crippen LogP contribution < -0.4 is 9.64 Å². The van der Waals surface area contributed by atoms with Gasteiger partial charge in [-0.3, -0.25) is 19.3 Å². The molecule has 4 rings (SSSR count). The van der Waals surface area contributed by atoms with Gasteiger partial charge in [-0.25, -0.2) is 9.97 Å². The fourth-order valence-electron chi connectivity index (χ4n) is 3.94. The predicted octanol–water partition coefficient (Wildman–Crippen LogP) is 4.91. The maximum Gasteiger partial charge on any atom is 0.296 e. The number of aromatic nitrogens is 2. The molecule has 0 saturated carbocycles. The lowest BCUT2D eigenvalue weighted by atomic mass is 9.95. The van der Waals surface area contributed by atoms with Crippen molar-refractivity contribution in [3.63, 3.8) is 0 Å². The van der Waals surface area contributed by atoms with Crippen molar-refractivity contribution in [2.24, 2.45) is 0 Å². The number of Topliss-reactive ketones (excluding diaryl/α,β-unsaturated/α-hetero) is 2. The van der Waals surface area contributed by atoms with Gasteiger partial charge < -0.3 is 9.84 Å². The zero-order valence-electron chi connectivity index (χ0n) is 19.3. The molecule has 1 atom stereocenters. The Morgan fingerprint density at radius 1 is 1.06 bits per heavy atom. The number of aliphatic hydroxyl groups excluding tert-OH is 1. The lowest BCUT2D eigenvalue weighted by Crippen LogP contribution is -2.31. The minimum absolute atomic E-state index is 0.0434. The average molecular weight is 498 g/mol. The number of anilines is 1. The number of carbonyl (C=O) groups is 3. The van der Waals surface area contributed by atoms with Gasteiger partial charge in [-0.2, -0.15) is 0 Å². The Labute approximate surface area is 204 Å². The molecule has 3 heterocycles. The van der Waals surface area contributed by atoms with Crippen molar-refractivity contribution in [1.29, 1.82) is 0 Å². The molecule has 3 aromatic rings. The number of thiazole rings is 2. The van der Waals surface area contributed by atoms with E-state index in [-0.39, 0.29) is 16.5 Å². The van der Waals surface area contributed by atoms with E-state index in [0.717, 1.165) is 11.3 Å². The van der Waals surface area contributed by atoms with Crippen LogP contribution in [0.5, 0.6) is 5.75 Å². The second-order valence-corrected chi connectivity index (χ2v) is 9.97. The van der Waals surface area contributed by atoms with Crippen molar-refractivity contribution >= 4 is 45.3 Å². The molecule has 0 saturated heterocycles. The van der Waals surface area contributed by atoms with Crippen LogP contribution in [0.1, 0.15) is 61.2 Å². The van der Waals surface area contributed by atoms with E-state index in [1.165, 1.54) is 23.2 Å². The number of ether oxygens (including phenoxy) is 1. The minimum atomic E-state index is -0.928. The molecule has 10 heteroatoms. The Morgan fingerprint density at radius 2 is 1.71 bits per heavy atom. The van der Waals surface area contributed by atoms with Crippen LogP contribution in [-0.2, 0) is 4.79 Å². The van der Waals surface area contributed by atoms with Crippen LogP contribution in [0.2, 0.25) is 0 Å². The van der Waals surface area contributed by atoms with Gasteiger partial charge in [0.05, 0.1) is 44.4 Å². The second kappa shape index (κ2) is 9.11. The molecule has 176 valence electrons. The summed E-state index contributed by atoms with van der Waals surface area (Å²) in [5.74, 6) is -1.37. The molecule has 1 N–H and O–H groups in total. The standard InChI is InChI=1S/C24H23N3O5S2/c1-6-32-16-9-7-15(8-10-16)18-17(19(29)22-12(3)25-14(5)33-22)20(30)23(31)27(18)24-26-11(2)21(34-24)13(4)28/h7-10,18,30H,6H2,1-5H3. The lowest BCUT2D eigenvalue weighted by molar-refractivity contribution is -0.117. The summed E-state index contributed by atoms with van der Waals surface area (Å²) >= 11 is 2.27. The van der Waals surface area contributed by atoms with Crippen molar-refractivity contribution < 1.29 is 24.2 Å². The Hall–Kier alpha value is -3.37. The summed E-state index contributed by atoms with van der Waals surface area (Å²) in [5, 5.41) is 11.9. The Kier molecular flexibility index (Phi) is 6.37. The van der Waals surface area contributed by atoms with Gasteiger partial charge in [0.15, 0.2) is 16.7 Å². The fraction of sp³-hybridized carbons (Fsp3) is 0.292. The maximum atomic E-state index is 13.6. The van der Waals surface area contributed by atoms with Crippen molar-refractivity contribution in [1.82, 2.24) is 9.97 Å². The summed E-state index contributed by atoms with van der Waals surface area (Å²) in [5.41, 5.74) is 1.57. The Morgan fingerprint density at radius 3 is 2.24 bits per heavy atom. The molecular formula is C24H23N3O5S2. The second-order valence-electron chi connectivity index (χ2n) is 7.79. The number of rotatable bonds is 7. The van der Waals surface area contributed by atoms with Crippen LogP contribution in [0.3, 0.4) is 0 Å². The van der Waals surface area contributed by atoms with Crippen LogP contribution >= 0.6 is 22.7 Å². The first kappa shape index (κ1) is 23.8. The van der Waals surface area contributed by atoms with E-state index in [0.29, 0.717) is 44.1 Å². The highest BCUT2D eigenvalue weighted by Crippen LogP contribution is 2.44. The third kappa shape index (κ3) is 4.03. The Bertz CT molecular complexity index is 1340. The zero-order chi connectivity index (χ0) is 24.7. The highest BCUT2D eigenvalue weighted by molar-refractivity contribution is 7.17. The van der Waals surface area contributed by atoms with Crippen molar-refractivity contribution in [3.05, 3.63) is 67.3 Å². The van der Waals surface area contributed by atoms with Crippen LogP contribution in [0.15, 0.2) is 35.6 Å². The van der Waals surface area contributed by atoms with E-state index in [2.05, 4.69) is 9.97 Å². The van der Waals surface area contributed by atoms with Gasteiger partial charge >= 0.3 is 0 Å². The van der Waals surface area contributed by atoms with Crippen LogP contribution in [0, 0.1) is 20.8 Å². The van der Waals surface area contributed by atoms with E-state index in [4.69, 9.17) is 4.74 Å². The number of aryl methyl sites for hydroxylation is 3. The first-order valence-electron chi connectivity index (χ1n) is 10.6. The molecule has 1 aliphatic heterocycles. The number of amides is 1. The fourth-order valence-corrected chi connectivity index (χ4v) is 5.80. The highest BCUT2D eigenvalue weighted by Gasteiger charge is 2.46. The SMILES string of the molecule is CCOc1ccc(C2C(C(=O)c3sc(C)nc3C)=C(O)C(=O)N2c2nc(C)c(C(C)=O)s2)cc1. The molecular weight excluding hydrogens is 474 g/mol. The molecule has 0 aliphatic carbocycles. The molecule has 0 bridgehead atoms. The van der Waals surface area contributed by atoms with Gasteiger partial charge in [0, 0.05) is 6.92 Å². The number of carbonyl (C=O) groups excluding carboxylic acids is 3. The summed E-state index contributed by atoms with van der Waals surface area (Å²) < 4.78 is 5.52. The monoisotopic (exact) mass is 497 g/mol. The van der Waals surface area contributed by atoms with Crippen LogP contribution in [0.4, 0.5) is 5.13 Å². The summed E-state index contributed by atoms with van der Waals surface area (Å²) in [4.78, 5) is 49.8. The highest BCUT2D eigenvalue weighted by atomic mass is 32.1. The van der Waals surface area contributed by atoms with Gasteiger partial charge in [0.1, 0.15) is 5.75 Å². The number of benzene rings is 1. The largest absolute Gasteiger partial charge is 0.503 e. The zero-order valence-corrected chi connectivity index (χ0v) is 21.0. The molecule has 1 amide bonds. The molecule has 0 radical (unpaired) electrons. The van der Waals surface area contributed by atoms with E-state index < -0.39 is 23.5 Å². The minimum Gasteiger partial charge on any atom is -0.503 e. The molecule has 1 aliphatic rings. The number of hydrogen-bond acceptors (Lipinski definition) is 9. The molecule has 2 aromatic heterocycles. The third-order valence-electron chi connectivity index (χ3n) is 5.38. The molecule has 1 unspecified atom stereocenters. The lowest BCUT2D eigenvalue weighted by Gasteiger charge is -2.24. The van der Waals surface area contributed by atoms with Crippen LogP contribution in [0.25, 0.3) is 0 Å². The van der Waals surface area contributed by atoms with E-state index in [9.17, 15) is 19.5 Å². The summed E-state index contributed by atoms with van der Waals surface area (Å²) in [6.45, 7) is 9.00. The molecule has 34 heavy (non-hydrogen) atoms. The predicted molar refractivity (Wildman–Crippen MR) is 130 cm³/mol. The average Bonchev–Trinajstić information content (AvgIpc) is 3.42. The van der Waals surface area contributed by atoms with Gasteiger partial charge in [-0.05, 0) is 45.4 Å². The third-order valence-corrected chi connectivity index (χ3v) is 7.71. The number of aliphatic hydroxyl groups is 1. The first-order valence-corrected chi connectivity index (χ1v) is 12.2. The molecule has 1 aromatic carbocycles. The van der Waals surface area contributed by atoms with E-state index in [1.54, 1.807) is 45.0 Å². The smallest absolute Gasteiger partial charge is 0.296 e. The van der Waals surface area contributed by atoms with Gasteiger partial charge in [0.2, 0.25) is 5.78 Å². The van der Waals surface area contributed by atoms with Gasteiger partial charge in [0.25, 0.3) is 5.91 Å². The summed E-state index contributed by atoms with van der Waals surface area (Å²) in [7, 11) is 0. The molecule has 8 nitrogen and oxygen atoms in total. The molecule has 0 fully saturated rings. The maximum absolute atomic E-state index is 13.6. The Balaban J connectivity index is 1.88. The van der Waals surface area contributed by atoms with Crippen molar-refractivity contribution in [2.45, 2.75) is 40.7 Å². The van der Waals surface area contributed by atoms with Gasteiger partial charge in [-0.1, -0.05) is 23.5 Å². The first-order chi connectivity index (χ1) is 16.1. The van der Waals surface area contributed by atoms with Gasteiger partial charge in [-0.15, -0.1) is 11.3 Å². The molecule has 0 spiro atoms. The number of hydrogen-bond donors (Lipinski definition) is 1.